The number of nitrogens with one attached hydrogen (secondary N) is 1. The van der Waals surface area contributed by atoms with Crippen molar-refractivity contribution < 1.29 is 4.79 Å². The first kappa shape index (κ1) is 14.5. The largest absolute Gasteiger partial charge is 0.326 e. The van der Waals surface area contributed by atoms with Crippen LogP contribution in [0.15, 0.2) is 60.0 Å². The van der Waals surface area contributed by atoms with Crippen molar-refractivity contribution in [1.29, 1.82) is 0 Å². The fourth-order valence-corrected chi connectivity index (χ4v) is 3.00. The number of benzene rings is 2. The minimum atomic E-state index is -0.0424. The molecule has 1 aromatic heterocycles. The SMILES string of the molecule is Cc1ccccc1NC(=O)Cc1csc(-c2ccccc2)n1. The van der Waals surface area contributed by atoms with Gasteiger partial charge in [0.1, 0.15) is 5.01 Å². The molecule has 0 spiro atoms. The second-order valence-electron chi connectivity index (χ2n) is 5.05. The van der Waals surface area contributed by atoms with Gasteiger partial charge in [0.15, 0.2) is 0 Å². The smallest absolute Gasteiger partial charge is 0.230 e. The number of aryl methyl sites for hydroxylation is 1. The topological polar surface area (TPSA) is 42.0 Å². The molecule has 0 saturated carbocycles. The third kappa shape index (κ3) is 3.40. The molecule has 1 amide bonds. The zero-order chi connectivity index (χ0) is 15.4. The van der Waals surface area contributed by atoms with Gasteiger partial charge in [-0.15, -0.1) is 11.3 Å². The van der Waals surface area contributed by atoms with Gasteiger partial charge in [-0.2, -0.15) is 0 Å². The maximum Gasteiger partial charge on any atom is 0.230 e. The highest BCUT2D eigenvalue weighted by Gasteiger charge is 2.10. The Labute approximate surface area is 133 Å². The van der Waals surface area contributed by atoms with Crippen LogP contribution in [0.4, 0.5) is 5.69 Å². The Morgan fingerprint density at radius 1 is 1.09 bits per heavy atom. The van der Waals surface area contributed by atoms with Crippen molar-refractivity contribution in [3.8, 4) is 10.6 Å². The molecule has 1 heterocycles. The van der Waals surface area contributed by atoms with E-state index in [0.717, 1.165) is 27.5 Å². The van der Waals surface area contributed by atoms with E-state index < -0.39 is 0 Å². The van der Waals surface area contributed by atoms with E-state index in [9.17, 15) is 4.79 Å². The molecule has 0 aliphatic heterocycles. The van der Waals surface area contributed by atoms with Crippen LogP contribution in [0, 0.1) is 6.92 Å². The van der Waals surface area contributed by atoms with Crippen molar-refractivity contribution >= 4 is 22.9 Å². The van der Waals surface area contributed by atoms with Crippen LogP contribution in [-0.4, -0.2) is 10.9 Å². The Kier molecular flexibility index (Phi) is 4.30. The molecule has 3 aromatic rings. The number of rotatable bonds is 4. The third-order valence-electron chi connectivity index (χ3n) is 3.33. The minimum absolute atomic E-state index is 0.0424. The molecule has 0 bridgehead atoms. The Bertz CT molecular complexity index is 781. The lowest BCUT2D eigenvalue weighted by molar-refractivity contribution is -0.115. The highest BCUT2D eigenvalue weighted by atomic mass is 32.1. The summed E-state index contributed by atoms with van der Waals surface area (Å²) in [7, 11) is 0. The van der Waals surface area contributed by atoms with E-state index in [-0.39, 0.29) is 12.3 Å². The van der Waals surface area contributed by atoms with E-state index in [1.165, 1.54) is 0 Å². The summed E-state index contributed by atoms with van der Waals surface area (Å²) in [6.45, 7) is 1.98. The first-order chi connectivity index (χ1) is 10.7. The highest BCUT2D eigenvalue weighted by Crippen LogP contribution is 2.23. The highest BCUT2D eigenvalue weighted by molar-refractivity contribution is 7.13. The number of carbonyl (C=O) groups is 1. The number of para-hydroxylation sites is 1. The normalized spacial score (nSPS) is 10.4. The summed E-state index contributed by atoms with van der Waals surface area (Å²) in [6, 6.07) is 17.8. The van der Waals surface area contributed by atoms with E-state index in [0.29, 0.717) is 0 Å². The van der Waals surface area contributed by atoms with Gasteiger partial charge >= 0.3 is 0 Å². The van der Waals surface area contributed by atoms with Gasteiger partial charge in [-0.05, 0) is 18.6 Å². The van der Waals surface area contributed by atoms with Crippen LogP contribution in [0.25, 0.3) is 10.6 Å². The molecule has 0 atom stereocenters. The van der Waals surface area contributed by atoms with Crippen LogP contribution in [0.1, 0.15) is 11.3 Å². The van der Waals surface area contributed by atoms with Crippen molar-refractivity contribution in [3.05, 3.63) is 71.2 Å². The summed E-state index contributed by atoms with van der Waals surface area (Å²) in [6.07, 6.45) is 0.289. The molecule has 3 rings (SSSR count). The molecular formula is C18H16N2OS. The number of amides is 1. The van der Waals surface area contributed by atoms with Gasteiger partial charge in [0.05, 0.1) is 12.1 Å². The van der Waals surface area contributed by atoms with Crippen molar-refractivity contribution in [2.75, 3.05) is 5.32 Å². The van der Waals surface area contributed by atoms with Crippen molar-refractivity contribution in [2.24, 2.45) is 0 Å². The number of hydrogen-bond donors (Lipinski definition) is 1. The monoisotopic (exact) mass is 308 g/mol. The van der Waals surface area contributed by atoms with Crippen LogP contribution in [0.2, 0.25) is 0 Å². The number of thiazole rings is 1. The number of carbonyl (C=O) groups excluding carboxylic acids is 1. The average Bonchev–Trinajstić information content (AvgIpc) is 2.99. The van der Waals surface area contributed by atoms with E-state index >= 15 is 0 Å². The van der Waals surface area contributed by atoms with Crippen LogP contribution in [0.5, 0.6) is 0 Å². The molecule has 3 nitrogen and oxygen atoms in total. The zero-order valence-electron chi connectivity index (χ0n) is 12.2. The Balaban J connectivity index is 1.68. The maximum absolute atomic E-state index is 12.1. The minimum Gasteiger partial charge on any atom is -0.326 e. The summed E-state index contributed by atoms with van der Waals surface area (Å²) in [5, 5.41) is 5.82. The van der Waals surface area contributed by atoms with Crippen molar-refractivity contribution in [1.82, 2.24) is 4.98 Å². The molecule has 2 aromatic carbocycles. The number of anilines is 1. The molecule has 22 heavy (non-hydrogen) atoms. The second kappa shape index (κ2) is 6.54. The predicted octanol–water partition coefficient (Wildman–Crippen LogP) is 4.30. The lowest BCUT2D eigenvalue weighted by atomic mass is 10.2. The summed E-state index contributed by atoms with van der Waals surface area (Å²) in [5.41, 5.74) is 3.79. The van der Waals surface area contributed by atoms with Gasteiger partial charge in [0.25, 0.3) is 0 Å². The van der Waals surface area contributed by atoms with Crippen molar-refractivity contribution in [2.45, 2.75) is 13.3 Å². The summed E-state index contributed by atoms with van der Waals surface area (Å²) >= 11 is 1.56. The number of nitrogens with zero attached hydrogens (tertiary/aromatic N) is 1. The Morgan fingerprint density at radius 2 is 1.82 bits per heavy atom. The number of hydrogen-bond acceptors (Lipinski definition) is 3. The van der Waals surface area contributed by atoms with Crippen molar-refractivity contribution in [3.63, 3.8) is 0 Å². The average molecular weight is 308 g/mol. The third-order valence-corrected chi connectivity index (χ3v) is 4.27. The fourth-order valence-electron chi connectivity index (χ4n) is 2.17. The summed E-state index contributed by atoms with van der Waals surface area (Å²) in [5.74, 6) is -0.0424. The molecule has 0 saturated heterocycles. The van der Waals surface area contributed by atoms with Gasteiger partial charge in [-0.1, -0.05) is 48.5 Å². The van der Waals surface area contributed by atoms with Gasteiger partial charge in [0.2, 0.25) is 5.91 Å². The summed E-state index contributed by atoms with van der Waals surface area (Å²) in [4.78, 5) is 16.7. The van der Waals surface area contributed by atoms with Crippen LogP contribution in [0.3, 0.4) is 0 Å². The molecule has 0 radical (unpaired) electrons. The standard InChI is InChI=1S/C18H16N2OS/c1-13-7-5-6-10-16(13)20-17(21)11-15-12-22-18(19-15)14-8-3-2-4-9-14/h2-10,12H,11H2,1H3,(H,20,21). The van der Waals surface area contributed by atoms with E-state index in [1.54, 1.807) is 11.3 Å². The fraction of sp³-hybridized carbons (Fsp3) is 0.111. The molecule has 4 heteroatoms. The quantitative estimate of drug-likeness (QED) is 0.781. The zero-order valence-corrected chi connectivity index (χ0v) is 13.1. The van der Waals surface area contributed by atoms with Gasteiger partial charge in [0, 0.05) is 16.6 Å². The molecule has 1 N–H and O–H groups in total. The van der Waals surface area contributed by atoms with Crippen LogP contribution in [-0.2, 0) is 11.2 Å². The van der Waals surface area contributed by atoms with Crippen LogP contribution < -0.4 is 5.32 Å². The molecule has 0 aliphatic carbocycles. The first-order valence-corrected chi connectivity index (χ1v) is 7.95. The van der Waals surface area contributed by atoms with Gasteiger partial charge < -0.3 is 5.32 Å². The lowest BCUT2D eigenvalue weighted by Gasteiger charge is -2.06. The maximum atomic E-state index is 12.1. The van der Waals surface area contributed by atoms with E-state index in [1.807, 2.05) is 66.9 Å². The Hall–Kier alpha value is -2.46. The van der Waals surface area contributed by atoms with Gasteiger partial charge in [-0.25, -0.2) is 4.98 Å². The molecule has 110 valence electrons. The van der Waals surface area contributed by atoms with Gasteiger partial charge in [-0.3, -0.25) is 4.79 Å². The molecule has 0 aliphatic rings. The Morgan fingerprint density at radius 3 is 2.59 bits per heavy atom. The second-order valence-corrected chi connectivity index (χ2v) is 5.91. The number of aromatic nitrogens is 1. The summed E-state index contributed by atoms with van der Waals surface area (Å²) < 4.78 is 0. The first-order valence-electron chi connectivity index (χ1n) is 7.07. The molecular weight excluding hydrogens is 292 g/mol. The molecule has 0 fully saturated rings. The van der Waals surface area contributed by atoms with Crippen LogP contribution >= 0.6 is 11.3 Å². The predicted molar refractivity (Wildman–Crippen MR) is 91.1 cm³/mol. The molecule has 0 unspecified atom stereocenters. The lowest BCUT2D eigenvalue weighted by Crippen LogP contribution is -2.15. The van der Waals surface area contributed by atoms with E-state index in [2.05, 4.69) is 10.3 Å². The van der Waals surface area contributed by atoms with E-state index in [4.69, 9.17) is 0 Å².